The molecule has 2 aromatic carbocycles. The minimum Gasteiger partial charge on any atom is -0.394 e. The fourth-order valence-corrected chi connectivity index (χ4v) is 3.44. The van der Waals surface area contributed by atoms with Crippen molar-refractivity contribution in [3.05, 3.63) is 71.8 Å². The quantitative estimate of drug-likeness (QED) is 0.916. The molecular weight excluding hydrogens is 272 g/mol. The number of aliphatic hydroxyl groups excluding tert-OH is 1. The topological polar surface area (TPSA) is 26.7 Å². The third-order valence-electron chi connectivity index (χ3n) is 4.62. The summed E-state index contributed by atoms with van der Waals surface area (Å²) in [6.07, 6.45) is 2.36. The summed E-state index contributed by atoms with van der Waals surface area (Å²) in [4.78, 5) is 0. The molecule has 1 saturated heterocycles. The molecule has 2 aromatic rings. The van der Waals surface area contributed by atoms with Crippen LogP contribution in [-0.2, 0) is 0 Å². The number of aliphatic hydroxyl groups is 1. The first-order valence-electron chi connectivity index (χ1n) is 8.01. The number of hydrogen-bond donors (Lipinski definition) is 1. The van der Waals surface area contributed by atoms with Gasteiger partial charge in [-0.2, -0.15) is 0 Å². The molecule has 2 atom stereocenters. The summed E-state index contributed by atoms with van der Waals surface area (Å²) in [7, 11) is 2.09. The molecule has 1 heterocycles. The molecule has 0 aromatic heterocycles. The predicted octanol–water partition coefficient (Wildman–Crippen LogP) is 3.40. The second-order valence-electron chi connectivity index (χ2n) is 5.91. The zero-order chi connectivity index (χ0) is 15.4. The van der Waals surface area contributed by atoms with Gasteiger partial charge in [-0.3, -0.25) is 0 Å². The average Bonchev–Trinajstić information content (AvgIpc) is 3.07. The van der Waals surface area contributed by atoms with Gasteiger partial charge in [0.1, 0.15) is 0 Å². The van der Waals surface area contributed by atoms with Gasteiger partial charge in [0.15, 0.2) is 0 Å². The van der Waals surface area contributed by atoms with Crippen molar-refractivity contribution in [1.29, 1.82) is 0 Å². The fraction of sp³-hybridized carbons (Fsp3) is 0.368. The van der Waals surface area contributed by atoms with Crippen molar-refractivity contribution in [2.75, 3.05) is 20.2 Å². The van der Waals surface area contributed by atoms with Gasteiger partial charge in [-0.15, -0.1) is 0 Å². The number of hydrogen-bond acceptors (Lipinski definition) is 3. The van der Waals surface area contributed by atoms with E-state index in [-0.39, 0.29) is 12.6 Å². The zero-order valence-electron chi connectivity index (χ0n) is 13.1. The van der Waals surface area contributed by atoms with E-state index in [0.29, 0.717) is 6.04 Å². The van der Waals surface area contributed by atoms with Crippen LogP contribution >= 0.6 is 0 Å². The molecule has 3 heteroatoms. The van der Waals surface area contributed by atoms with E-state index in [9.17, 15) is 5.11 Å². The number of rotatable bonds is 5. The lowest BCUT2D eigenvalue weighted by Crippen LogP contribution is -2.43. The minimum absolute atomic E-state index is 0.00510. The van der Waals surface area contributed by atoms with Crippen molar-refractivity contribution in [2.45, 2.75) is 24.9 Å². The van der Waals surface area contributed by atoms with E-state index in [1.165, 1.54) is 18.4 Å². The van der Waals surface area contributed by atoms with E-state index < -0.39 is 0 Å². The fourth-order valence-electron chi connectivity index (χ4n) is 3.44. The third kappa shape index (κ3) is 3.07. The highest BCUT2D eigenvalue weighted by Gasteiger charge is 2.32. The summed E-state index contributed by atoms with van der Waals surface area (Å²) in [5, 5.41) is 14.5. The summed E-state index contributed by atoms with van der Waals surface area (Å²) in [6, 6.07) is 21.3. The molecular formula is C19H24N2O. The van der Waals surface area contributed by atoms with Crippen LogP contribution in [0.15, 0.2) is 60.7 Å². The average molecular weight is 296 g/mol. The Labute approximate surface area is 132 Å². The van der Waals surface area contributed by atoms with Crippen molar-refractivity contribution < 1.29 is 5.11 Å². The van der Waals surface area contributed by atoms with Gasteiger partial charge >= 0.3 is 0 Å². The van der Waals surface area contributed by atoms with Gasteiger partial charge < -0.3 is 5.11 Å². The summed E-state index contributed by atoms with van der Waals surface area (Å²) in [6.45, 7) is 1.16. The van der Waals surface area contributed by atoms with Gasteiger partial charge in [-0.05, 0) is 24.0 Å². The maximum absolute atomic E-state index is 9.90. The Bertz CT molecular complexity index is 573. The SMILES string of the molecule is CN([C@@H](CO)c1ccccc1)N1CCC[C@@H]1c1ccccc1. The van der Waals surface area contributed by atoms with Crippen molar-refractivity contribution >= 4 is 0 Å². The van der Waals surface area contributed by atoms with Crippen molar-refractivity contribution in [1.82, 2.24) is 10.0 Å². The lowest BCUT2D eigenvalue weighted by atomic mass is 10.0. The molecule has 1 aliphatic heterocycles. The molecule has 1 aliphatic rings. The maximum atomic E-state index is 9.90. The van der Waals surface area contributed by atoms with E-state index in [4.69, 9.17) is 0 Å². The Hall–Kier alpha value is -1.68. The maximum Gasteiger partial charge on any atom is 0.0723 e. The van der Waals surface area contributed by atoms with E-state index in [0.717, 1.165) is 12.1 Å². The highest BCUT2D eigenvalue weighted by molar-refractivity contribution is 5.21. The van der Waals surface area contributed by atoms with Crippen LogP contribution in [0.4, 0.5) is 0 Å². The van der Waals surface area contributed by atoms with Gasteiger partial charge in [-0.25, -0.2) is 10.0 Å². The van der Waals surface area contributed by atoms with Crippen LogP contribution in [0.25, 0.3) is 0 Å². The standard InChI is InChI=1S/C19H24N2O/c1-20(19(15-22)17-11-6-3-7-12-17)21-14-8-13-18(21)16-9-4-2-5-10-16/h2-7,9-12,18-19,22H,8,13-15H2,1H3/t18-,19+/m1/s1. The van der Waals surface area contributed by atoms with Gasteiger partial charge in [0.05, 0.1) is 12.6 Å². The van der Waals surface area contributed by atoms with Crippen LogP contribution in [-0.4, -0.2) is 35.3 Å². The van der Waals surface area contributed by atoms with E-state index >= 15 is 0 Å². The Morgan fingerprint density at radius 1 is 1.09 bits per heavy atom. The van der Waals surface area contributed by atoms with Crippen molar-refractivity contribution in [2.24, 2.45) is 0 Å². The molecule has 3 rings (SSSR count). The van der Waals surface area contributed by atoms with Crippen LogP contribution in [0.5, 0.6) is 0 Å². The molecule has 116 valence electrons. The van der Waals surface area contributed by atoms with Gasteiger partial charge in [0.25, 0.3) is 0 Å². The van der Waals surface area contributed by atoms with Gasteiger partial charge in [-0.1, -0.05) is 60.7 Å². The Morgan fingerprint density at radius 3 is 2.36 bits per heavy atom. The first kappa shape index (κ1) is 15.2. The first-order chi connectivity index (χ1) is 10.8. The molecule has 0 amide bonds. The Kier molecular flexibility index (Phi) is 4.88. The normalized spacial score (nSPS) is 20.4. The molecule has 0 saturated carbocycles. The van der Waals surface area contributed by atoms with Gasteiger partial charge in [0.2, 0.25) is 0 Å². The largest absolute Gasteiger partial charge is 0.394 e. The van der Waals surface area contributed by atoms with E-state index in [2.05, 4.69) is 59.5 Å². The predicted molar refractivity (Wildman–Crippen MR) is 89.2 cm³/mol. The minimum atomic E-state index is 0.00510. The monoisotopic (exact) mass is 296 g/mol. The lowest BCUT2D eigenvalue weighted by molar-refractivity contribution is -0.0657. The smallest absolute Gasteiger partial charge is 0.0723 e. The second kappa shape index (κ2) is 7.05. The number of hydrazine groups is 1. The highest BCUT2D eigenvalue weighted by atomic mass is 16.3. The van der Waals surface area contributed by atoms with Crippen molar-refractivity contribution in [3.63, 3.8) is 0 Å². The second-order valence-corrected chi connectivity index (χ2v) is 5.91. The third-order valence-corrected chi connectivity index (χ3v) is 4.62. The number of likely N-dealkylation sites (N-methyl/N-ethyl adjacent to an activating group) is 1. The molecule has 1 N–H and O–H groups in total. The summed E-state index contributed by atoms with van der Waals surface area (Å²) in [5.74, 6) is 0. The molecule has 0 radical (unpaired) electrons. The highest BCUT2D eigenvalue weighted by Crippen LogP contribution is 2.35. The molecule has 22 heavy (non-hydrogen) atoms. The lowest BCUT2D eigenvalue weighted by Gasteiger charge is -2.38. The molecule has 0 bridgehead atoms. The zero-order valence-corrected chi connectivity index (χ0v) is 13.1. The molecule has 0 spiro atoms. The number of nitrogens with zero attached hydrogens (tertiary/aromatic N) is 2. The van der Waals surface area contributed by atoms with Crippen LogP contribution in [0.3, 0.4) is 0 Å². The van der Waals surface area contributed by atoms with Gasteiger partial charge in [0, 0.05) is 19.6 Å². The molecule has 3 nitrogen and oxygen atoms in total. The van der Waals surface area contributed by atoms with Crippen LogP contribution in [0, 0.1) is 0 Å². The molecule has 1 fully saturated rings. The van der Waals surface area contributed by atoms with E-state index in [1.54, 1.807) is 0 Å². The first-order valence-corrected chi connectivity index (χ1v) is 8.01. The van der Waals surface area contributed by atoms with Crippen LogP contribution < -0.4 is 0 Å². The molecule has 0 aliphatic carbocycles. The van der Waals surface area contributed by atoms with Crippen molar-refractivity contribution in [3.8, 4) is 0 Å². The van der Waals surface area contributed by atoms with Crippen LogP contribution in [0.2, 0.25) is 0 Å². The molecule has 0 unspecified atom stereocenters. The summed E-state index contributed by atoms with van der Waals surface area (Å²) < 4.78 is 0. The summed E-state index contributed by atoms with van der Waals surface area (Å²) >= 11 is 0. The summed E-state index contributed by atoms with van der Waals surface area (Å²) in [5.41, 5.74) is 2.52. The van der Waals surface area contributed by atoms with E-state index in [1.807, 2.05) is 18.2 Å². The van der Waals surface area contributed by atoms with Crippen LogP contribution in [0.1, 0.15) is 36.1 Å². The Balaban J connectivity index is 1.82. The number of benzene rings is 2. The Morgan fingerprint density at radius 2 is 1.73 bits per heavy atom.